The van der Waals surface area contributed by atoms with Crippen LogP contribution in [-0.2, 0) is 27.2 Å². The van der Waals surface area contributed by atoms with Crippen LogP contribution in [0, 0.1) is 0 Å². The summed E-state index contributed by atoms with van der Waals surface area (Å²) >= 11 is 0. The molecular weight excluding hydrogens is 632 g/mol. The number of aliphatic imine (C=N–C) groups is 1. The molecule has 0 bridgehead atoms. The van der Waals surface area contributed by atoms with Crippen molar-refractivity contribution in [3.63, 3.8) is 0 Å². The Morgan fingerprint density at radius 1 is 1.04 bits per heavy atom. The van der Waals surface area contributed by atoms with Crippen molar-refractivity contribution in [1.29, 1.82) is 0 Å². The lowest BCUT2D eigenvalue weighted by molar-refractivity contribution is -0.167. The number of rotatable bonds is 14. The number of hydrogen-bond donors (Lipinski definition) is 2. The van der Waals surface area contributed by atoms with Gasteiger partial charge in [0.1, 0.15) is 6.33 Å². The van der Waals surface area contributed by atoms with E-state index in [4.69, 9.17) is 14.3 Å². The summed E-state index contributed by atoms with van der Waals surface area (Å²) in [6.07, 6.45) is 10.9. The number of nitrogens with one attached hydrogen (secondary N) is 1. The van der Waals surface area contributed by atoms with Crippen LogP contribution < -0.4 is 11.0 Å². The summed E-state index contributed by atoms with van der Waals surface area (Å²) in [5, 5.41) is 15.4. The van der Waals surface area contributed by atoms with Crippen LogP contribution in [0.5, 0.6) is 0 Å². The Hall–Kier alpha value is -3.90. The van der Waals surface area contributed by atoms with Crippen molar-refractivity contribution in [2.24, 2.45) is 4.99 Å². The summed E-state index contributed by atoms with van der Waals surface area (Å²) in [5.74, 6) is 1.25. The van der Waals surface area contributed by atoms with E-state index in [1.807, 2.05) is 34.2 Å². The molecule has 0 saturated heterocycles. The quantitative estimate of drug-likeness (QED) is 0.149. The zero-order valence-corrected chi connectivity index (χ0v) is 29.5. The summed E-state index contributed by atoms with van der Waals surface area (Å²) in [6, 6.07) is 16.5. The first kappa shape index (κ1) is 34.5. The summed E-state index contributed by atoms with van der Waals surface area (Å²) in [7, 11) is 0. The maximum absolute atomic E-state index is 14.5. The van der Waals surface area contributed by atoms with Gasteiger partial charge >= 0.3 is 0 Å². The zero-order chi connectivity index (χ0) is 34.7. The van der Waals surface area contributed by atoms with Gasteiger partial charge in [-0.1, -0.05) is 75.2 Å². The lowest BCUT2D eigenvalue weighted by atomic mass is 9.76. The molecule has 11 nitrogen and oxygen atoms in total. The van der Waals surface area contributed by atoms with Gasteiger partial charge in [-0.2, -0.15) is 10.1 Å². The first-order valence-corrected chi connectivity index (χ1v) is 18.5. The fourth-order valence-corrected chi connectivity index (χ4v) is 7.61. The minimum absolute atomic E-state index is 0.0113. The number of hydroxylamine groups is 1. The maximum Gasteiger partial charge on any atom is 0.282 e. The number of ether oxygens (including phenoxy) is 2. The van der Waals surface area contributed by atoms with Crippen molar-refractivity contribution in [1.82, 2.24) is 24.6 Å². The summed E-state index contributed by atoms with van der Waals surface area (Å²) in [5.41, 5.74) is 8.03. The number of benzene rings is 2. The van der Waals surface area contributed by atoms with Gasteiger partial charge in [-0.3, -0.25) is 9.36 Å². The molecule has 2 atom stereocenters. The van der Waals surface area contributed by atoms with Gasteiger partial charge in [0.2, 0.25) is 5.78 Å². The molecule has 4 aromatic rings. The Balaban J connectivity index is 1.12. The number of aliphatic hydroxyl groups is 1. The maximum atomic E-state index is 14.5. The minimum Gasteiger partial charge on any atom is -0.387 e. The first-order valence-electron chi connectivity index (χ1n) is 18.5. The van der Waals surface area contributed by atoms with Crippen molar-refractivity contribution in [3.05, 3.63) is 87.6 Å². The largest absolute Gasteiger partial charge is 0.387 e. The third-order valence-electron chi connectivity index (χ3n) is 10.8. The first-order chi connectivity index (χ1) is 24.4. The Labute approximate surface area is 293 Å². The van der Waals surface area contributed by atoms with Gasteiger partial charge in [0.25, 0.3) is 12.0 Å². The van der Waals surface area contributed by atoms with Crippen molar-refractivity contribution in [2.45, 2.75) is 128 Å². The van der Waals surface area contributed by atoms with Crippen LogP contribution in [0.25, 0.3) is 16.9 Å². The molecule has 266 valence electrons. The monoisotopic (exact) mass is 682 g/mol. The number of aryl methyl sites for hydroxylation is 1. The molecule has 7 rings (SSSR count). The molecule has 3 heterocycles. The normalized spacial score (nSPS) is 22.2. The average Bonchev–Trinajstić information content (AvgIpc) is 3.80. The smallest absolute Gasteiger partial charge is 0.282 e. The SMILES string of the molecule is CCCCOC1N=C(c2ccccc2-c2ccc(Cc3c(CCC)n4ncnc4n(C4CCC(OC(C)C5(O)CCC5)CC4)c3=O)cc2)NO1. The number of hydrogen-bond acceptors (Lipinski definition) is 9. The van der Waals surface area contributed by atoms with Crippen molar-refractivity contribution < 1.29 is 19.4 Å². The van der Waals surface area contributed by atoms with Crippen LogP contribution in [0.1, 0.15) is 113 Å². The second kappa shape index (κ2) is 15.1. The Morgan fingerprint density at radius 2 is 1.80 bits per heavy atom. The molecule has 2 fully saturated rings. The van der Waals surface area contributed by atoms with E-state index < -0.39 is 12.0 Å². The fraction of sp³-hybridized carbons (Fsp3) is 0.538. The molecule has 0 amide bonds. The van der Waals surface area contributed by atoms with E-state index in [1.54, 1.807) is 6.33 Å². The number of amidine groups is 1. The highest BCUT2D eigenvalue weighted by molar-refractivity contribution is 6.04. The standard InChI is InChI=1S/C39H50N6O5/c1-4-6-23-48-38-42-35(43-50-38)32-12-8-7-11-31(32)28-15-13-27(14-16-28)24-33-34(10-5-2)45-37(40-25-41-45)44(36(33)46)29-17-19-30(20-18-29)49-26(3)39(47)21-9-22-39/h7-8,11-16,25-26,29-30,38,47H,4-6,9-10,17-24H2,1-3H3,(H,42,43). The number of fused-ring (bicyclic) bond motifs is 1. The molecule has 2 aromatic heterocycles. The van der Waals surface area contributed by atoms with E-state index in [0.717, 1.165) is 104 Å². The Kier molecular flexibility index (Phi) is 10.5. The summed E-state index contributed by atoms with van der Waals surface area (Å²) < 4.78 is 15.9. The molecule has 3 aliphatic rings. The van der Waals surface area contributed by atoms with E-state index in [2.05, 4.69) is 64.7 Å². The minimum atomic E-state index is -0.684. The van der Waals surface area contributed by atoms with Gasteiger partial charge < -0.3 is 14.6 Å². The molecule has 2 aliphatic carbocycles. The van der Waals surface area contributed by atoms with Crippen LogP contribution in [-0.4, -0.2) is 60.9 Å². The molecule has 2 aromatic carbocycles. The lowest BCUT2D eigenvalue weighted by Gasteiger charge is -2.43. The molecule has 11 heteroatoms. The van der Waals surface area contributed by atoms with E-state index in [-0.39, 0.29) is 23.8 Å². The van der Waals surface area contributed by atoms with E-state index >= 15 is 0 Å². The van der Waals surface area contributed by atoms with Crippen molar-refractivity contribution in [3.8, 4) is 11.1 Å². The highest BCUT2D eigenvalue weighted by atomic mass is 16.8. The average molecular weight is 683 g/mol. The van der Waals surface area contributed by atoms with Crippen LogP contribution in [0.3, 0.4) is 0 Å². The van der Waals surface area contributed by atoms with E-state index in [9.17, 15) is 9.90 Å². The number of unbranched alkanes of at least 4 members (excludes halogenated alkanes) is 1. The van der Waals surface area contributed by atoms with Crippen LogP contribution in [0.15, 0.2) is 64.6 Å². The van der Waals surface area contributed by atoms with Gasteiger partial charge in [0.15, 0.2) is 5.84 Å². The molecule has 1 aliphatic heterocycles. The molecule has 2 saturated carbocycles. The number of aromatic nitrogens is 4. The predicted octanol–water partition coefficient (Wildman–Crippen LogP) is 6.29. The predicted molar refractivity (Wildman–Crippen MR) is 192 cm³/mol. The molecule has 2 unspecified atom stereocenters. The second-order valence-electron chi connectivity index (χ2n) is 14.1. The van der Waals surface area contributed by atoms with Gasteiger partial charge in [0.05, 0.1) is 30.1 Å². The van der Waals surface area contributed by atoms with E-state index in [1.165, 1.54) is 0 Å². The van der Waals surface area contributed by atoms with Gasteiger partial charge in [0, 0.05) is 23.6 Å². The highest BCUT2D eigenvalue weighted by Gasteiger charge is 2.42. The molecule has 0 spiro atoms. The summed E-state index contributed by atoms with van der Waals surface area (Å²) in [4.78, 5) is 29.3. The van der Waals surface area contributed by atoms with E-state index in [0.29, 0.717) is 24.6 Å². The molecular formula is C39H50N6O5. The Morgan fingerprint density at radius 3 is 2.50 bits per heavy atom. The molecule has 2 N–H and O–H groups in total. The van der Waals surface area contributed by atoms with Gasteiger partial charge in [-0.25, -0.2) is 19.8 Å². The van der Waals surface area contributed by atoms with Crippen molar-refractivity contribution in [2.75, 3.05) is 6.61 Å². The van der Waals surface area contributed by atoms with Gasteiger partial charge in [-0.05, 0) is 81.4 Å². The lowest BCUT2D eigenvalue weighted by Crippen LogP contribution is -2.49. The van der Waals surface area contributed by atoms with Gasteiger partial charge in [-0.15, -0.1) is 0 Å². The third-order valence-corrected chi connectivity index (χ3v) is 10.8. The topological polar surface area (TPSA) is 125 Å². The van der Waals surface area contributed by atoms with Crippen LogP contribution in [0.4, 0.5) is 0 Å². The van der Waals surface area contributed by atoms with Crippen molar-refractivity contribution >= 4 is 11.6 Å². The second-order valence-corrected chi connectivity index (χ2v) is 14.1. The van der Waals surface area contributed by atoms with Crippen LogP contribution in [0.2, 0.25) is 0 Å². The number of nitrogens with zero attached hydrogens (tertiary/aromatic N) is 5. The fourth-order valence-electron chi connectivity index (χ4n) is 7.61. The summed E-state index contributed by atoms with van der Waals surface area (Å²) in [6.45, 7) is 6.84. The molecule has 0 radical (unpaired) electrons. The third kappa shape index (κ3) is 7.01. The highest BCUT2D eigenvalue weighted by Crippen LogP contribution is 2.39. The molecule has 50 heavy (non-hydrogen) atoms. The van der Waals surface area contributed by atoms with Crippen LogP contribution >= 0.6 is 0 Å². The Bertz CT molecular complexity index is 1860. The zero-order valence-electron chi connectivity index (χ0n) is 29.5.